The van der Waals surface area contributed by atoms with E-state index in [0.29, 0.717) is 23.6 Å². The first-order valence-electron chi connectivity index (χ1n) is 9.09. The molecule has 1 aliphatic heterocycles. The van der Waals surface area contributed by atoms with E-state index in [0.717, 1.165) is 18.4 Å². The van der Waals surface area contributed by atoms with Crippen LogP contribution in [0.3, 0.4) is 0 Å². The average Bonchev–Trinajstić information content (AvgIpc) is 3.22. The summed E-state index contributed by atoms with van der Waals surface area (Å²) in [6.45, 7) is 0.620. The number of methoxy groups -OCH3 is 2. The highest BCUT2D eigenvalue weighted by Crippen LogP contribution is 2.39. The Morgan fingerprint density at radius 3 is 2.72 bits per heavy atom. The number of nitro benzene ring substituents is 1. The molecule has 0 spiro atoms. The molecule has 1 fully saturated rings. The number of nitro groups is 1. The molecule has 0 aromatic heterocycles. The van der Waals surface area contributed by atoms with Crippen LogP contribution in [0.25, 0.3) is 6.08 Å². The number of rotatable bonds is 6. The second-order valence-corrected chi connectivity index (χ2v) is 7.01. The maximum Gasteiger partial charge on any atom is 0.288 e. The lowest BCUT2D eigenvalue weighted by atomic mass is 10.0. The van der Waals surface area contributed by atoms with Crippen molar-refractivity contribution in [1.29, 1.82) is 0 Å². The number of halogens is 1. The van der Waals surface area contributed by atoms with Crippen molar-refractivity contribution in [2.24, 2.45) is 0 Å². The van der Waals surface area contributed by atoms with Crippen molar-refractivity contribution in [1.82, 2.24) is 4.90 Å². The quantitative estimate of drug-likeness (QED) is 0.389. The van der Waals surface area contributed by atoms with Crippen LogP contribution in [0.2, 0.25) is 5.02 Å². The Kier molecular flexibility index (Phi) is 6.39. The Bertz CT molecular complexity index is 960. The molecule has 1 heterocycles. The molecule has 0 saturated carbocycles. The van der Waals surface area contributed by atoms with Crippen molar-refractivity contribution in [3.05, 3.63) is 68.7 Å². The summed E-state index contributed by atoms with van der Waals surface area (Å²) in [5.74, 6) is 1.23. The molecule has 1 aliphatic rings. The lowest BCUT2D eigenvalue weighted by Gasteiger charge is -2.25. The Hall–Kier alpha value is -3.06. The van der Waals surface area contributed by atoms with Crippen LogP contribution >= 0.6 is 11.6 Å². The largest absolute Gasteiger partial charge is 0.497 e. The molecule has 0 radical (unpaired) electrons. The van der Waals surface area contributed by atoms with Crippen LogP contribution in [0.5, 0.6) is 11.5 Å². The number of hydrogen-bond acceptors (Lipinski definition) is 5. The number of ether oxygens (including phenoxy) is 2. The van der Waals surface area contributed by atoms with Gasteiger partial charge in [0.2, 0.25) is 5.91 Å². The predicted molar refractivity (Wildman–Crippen MR) is 110 cm³/mol. The van der Waals surface area contributed by atoms with E-state index in [1.54, 1.807) is 31.3 Å². The van der Waals surface area contributed by atoms with Gasteiger partial charge in [-0.3, -0.25) is 14.9 Å². The zero-order valence-electron chi connectivity index (χ0n) is 16.1. The molecule has 0 bridgehead atoms. The summed E-state index contributed by atoms with van der Waals surface area (Å²) in [7, 11) is 3.19. The van der Waals surface area contributed by atoms with Crippen molar-refractivity contribution in [3.8, 4) is 11.5 Å². The first-order chi connectivity index (χ1) is 13.9. The lowest BCUT2D eigenvalue weighted by Crippen LogP contribution is -2.29. The topological polar surface area (TPSA) is 81.9 Å². The summed E-state index contributed by atoms with van der Waals surface area (Å²) < 4.78 is 10.8. The van der Waals surface area contributed by atoms with E-state index in [2.05, 4.69) is 0 Å². The third-order valence-electron chi connectivity index (χ3n) is 4.92. The molecule has 8 heteroatoms. The Labute approximate surface area is 173 Å². The van der Waals surface area contributed by atoms with Crippen molar-refractivity contribution >= 4 is 29.3 Å². The number of nitrogens with zero attached hydrogens (tertiary/aromatic N) is 2. The van der Waals surface area contributed by atoms with Crippen LogP contribution in [-0.2, 0) is 4.79 Å². The standard InChI is InChI=1S/C21H21ClN2O5/c1-28-15-7-9-20(29-2)16(13-15)18-4-3-11-23(18)21(25)10-6-14-5-8-17(22)19(12-14)24(26)27/h5-10,12-13,18H,3-4,11H2,1-2H3/b10-6+. The minimum absolute atomic E-state index is 0.0585. The Balaban J connectivity index is 1.83. The zero-order valence-corrected chi connectivity index (χ0v) is 16.9. The van der Waals surface area contributed by atoms with Gasteiger partial charge < -0.3 is 14.4 Å². The first kappa shape index (κ1) is 20.7. The maximum absolute atomic E-state index is 12.8. The second-order valence-electron chi connectivity index (χ2n) is 6.60. The van der Waals surface area contributed by atoms with Crippen molar-refractivity contribution < 1.29 is 19.2 Å². The van der Waals surface area contributed by atoms with Gasteiger partial charge in [-0.1, -0.05) is 17.7 Å². The second kappa shape index (κ2) is 8.96. The third kappa shape index (κ3) is 4.51. The number of likely N-dealkylation sites (tertiary alicyclic amines) is 1. The molecule has 1 unspecified atom stereocenters. The van der Waals surface area contributed by atoms with Crippen molar-refractivity contribution in [2.75, 3.05) is 20.8 Å². The van der Waals surface area contributed by atoms with Gasteiger partial charge in [0.1, 0.15) is 16.5 Å². The number of benzene rings is 2. The highest BCUT2D eigenvalue weighted by atomic mass is 35.5. The van der Waals surface area contributed by atoms with Crippen LogP contribution in [0.1, 0.15) is 30.0 Å². The normalized spacial score (nSPS) is 16.2. The molecule has 1 saturated heterocycles. The van der Waals surface area contributed by atoms with Crippen LogP contribution in [0.15, 0.2) is 42.5 Å². The summed E-state index contributed by atoms with van der Waals surface area (Å²) in [6.07, 6.45) is 4.67. The molecular formula is C21H21ClN2O5. The van der Waals surface area contributed by atoms with Crippen LogP contribution in [0.4, 0.5) is 5.69 Å². The van der Waals surface area contributed by atoms with Gasteiger partial charge >= 0.3 is 0 Å². The minimum Gasteiger partial charge on any atom is -0.497 e. The van der Waals surface area contributed by atoms with E-state index in [9.17, 15) is 14.9 Å². The molecule has 7 nitrogen and oxygen atoms in total. The highest BCUT2D eigenvalue weighted by molar-refractivity contribution is 6.32. The fourth-order valence-corrected chi connectivity index (χ4v) is 3.68. The molecule has 0 aliphatic carbocycles. The van der Waals surface area contributed by atoms with E-state index in [1.165, 1.54) is 18.2 Å². The average molecular weight is 417 g/mol. The van der Waals surface area contributed by atoms with E-state index in [4.69, 9.17) is 21.1 Å². The molecular weight excluding hydrogens is 396 g/mol. The van der Waals surface area contributed by atoms with Gasteiger partial charge in [-0.05, 0) is 48.7 Å². The van der Waals surface area contributed by atoms with Crippen molar-refractivity contribution in [3.63, 3.8) is 0 Å². The molecule has 3 rings (SSSR count). The van der Waals surface area contributed by atoms with E-state index < -0.39 is 4.92 Å². The fraction of sp³-hybridized carbons (Fsp3) is 0.286. The molecule has 0 N–H and O–H groups in total. The summed E-state index contributed by atoms with van der Waals surface area (Å²) >= 11 is 5.83. The molecule has 29 heavy (non-hydrogen) atoms. The Morgan fingerprint density at radius 1 is 1.24 bits per heavy atom. The highest BCUT2D eigenvalue weighted by Gasteiger charge is 2.31. The molecule has 1 atom stereocenters. The van der Waals surface area contributed by atoms with Gasteiger partial charge in [-0.2, -0.15) is 0 Å². The van der Waals surface area contributed by atoms with Crippen molar-refractivity contribution in [2.45, 2.75) is 18.9 Å². The molecule has 2 aromatic rings. The molecule has 152 valence electrons. The monoisotopic (exact) mass is 416 g/mol. The van der Waals surface area contributed by atoms with Crippen LogP contribution < -0.4 is 9.47 Å². The van der Waals surface area contributed by atoms with E-state index in [1.807, 2.05) is 18.2 Å². The number of carbonyl (C=O) groups is 1. The number of hydrogen-bond donors (Lipinski definition) is 0. The summed E-state index contributed by atoms with van der Waals surface area (Å²) in [5.41, 5.74) is 1.24. The molecule has 2 aromatic carbocycles. The first-order valence-corrected chi connectivity index (χ1v) is 9.47. The van der Waals surface area contributed by atoms with E-state index >= 15 is 0 Å². The predicted octanol–water partition coefficient (Wildman–Crippen LogP) is 4.64. The van der Waals surface area contributed by atoms with Gasteiger partial charge in [0.05, 0.1) is 25.2 Å². The van der Waals surface area contributed by atoms with Gasteiger partial charge in [-0.25, -0.2) is 0 Å². The minimum atomic E-state index is -0.549. The smallest absolute Gasteiger partial charge is 0.288 e. The Morgan fingerprint density at radius 2 is 2.03 bits per heavy atom. The zero-order chi connectivity index (χ0) is 21.0. The summed E-state index contributed by atoms with van der Waals surface area (Å²) in [6, 6.07) is 9.83. The molecule has 1 amide bonds. The third-order valence-corrected chi connectivity index (χ3v) is 5.24. The fourth-order valence-electron chi connectivity index (χ4n) is 3.49. The van der Waals surface area contributed by atoms with Gasteiger partial charge in [-0.15, -0.1) is 0 Å². The van der Waals surface area contributed by atoms with E-state index in [-0.39, 0.29) is 22.7 Å². The van der Waals surface area contributed by atoms with Gasteiger partial charge in [0.25, 0.3) is 5.69 Å². The number of carbonyl (C=O) groups excluding carboxylic acids is 1. The SMILES string of the molecule is COc1ccc(OC)c(C2CCCN2C(=O)/C=C/c2ccc(Cl)c([N+](=O)[O-])c2)c1. The van der Waals surface area contributed by atoms with Gasteiger partial charge in [0, 0.05) is 24.3 Å². The van der Waals surface area contributed by atoms with Crippen LogP contribution in [0, 0.1) is 10.1 Å². The number of amides is 1. The van der Waals surface area contributed by atoms with Gasteiger partial charge in [0.15, 0.2) is 0 Å². The lowest BCUT2D eigenvalue weighted by molar-refractivity contribution is -0.384. The summed E-state index contributed by atoms with van der Waals surface area (Å²) in [4.78, 5) is 25.1. The summed E-state index contributed by atoms with van der Waals surface area (Å²) in [5, 5.41) is 11.1. The maximum atomic E-state index is 12.8. The van der Waals surface area contributed by atoms with Crippen LogP contribution in [-0.4, -0.2) is 36.5 Å².